The second kappa shape index (κ2) is 7.05. The summed E-state index contributed by atoms with van der Waals surface area (Å²) in [4.78, 5) is 21.6. The molecule has 0 aliphatic rings. The molecule has 0 aliphatic heterocycles. The van der Waals surface area contributed by atoms with Gasteiger partial charge < -0.3 is 14.7 Å². The summed E-state index contributed by atoms with van der Waals surface area (Å²) >= 11 is 0. The standard InChI is InChI=1S/C17H19N5O3/c1-10-6-7-13(25-5)11(2)14(10)22-15(19-9-21(3)4)12(8-18)20-16(22)17(23)24/h6-7,9H,1-5H3,(H,23,24). The highest BCUT2D eigenvalue weighted by molar-refractivity contribution is 5.87. The lowest BCUT2D eigenvalue weighted by molar-refractivity contribution is 0.0681. The molecule has 0 unspecified atom stereocenters. The van der Waals surface area contributed by atoms with Crippen molar-refractivity contribution < 1.29 is 14.6 Å². The third kappa shape index (κ3) is 3.30. The molecule has 0 atom stereocenters. The van der Waals surface area contributed by atoms with Gasteiger partial charge in [0.15, 0.2) is 11.5 Å². The number of carboxylic acids is 1. The van der Waals surface area contributed by atoms with Crippen molar-refractivity contribution >= 4 is 18.1 Å². The number of imidazole rings is 1. The molecule has 1 heterocycles. The number of hydrogen-bond donors (Lipinski definition) is 1. The number of rotatable bonds is 5. The predicted octanol–water partition coefficient (Wildman–Crippen LogP) is 2.29. The Bertz CT molecular complexity index is 891. The second-order valence-electron chi connectivity index (χ2n) is 5.63. The number of hydrogen-bond acceptors (Lipinski definition) is 5. The van der Waals surface area contributed by atoms with Crippen LogP contribution in [0.25, 0.3) is 5.69 Å². The lowest BCUT2D eigenvalue weighted by atomic mass is 10.1. The highest BCUT2D eigenvalue weighted by Gasteiger charge is 2.25. The number of nitriles is 1. The van der Waals surface area contributed by atoms with Crippen LogP contribution in [0.2, 0.25) is 0 Å². The highest BCUT2D eigenvalue weighted by Crippen LogP contribution is 2.33. The zero-order chi connectivity index (χ0) is 18.7. The van der Waals surface area contributed by atoms with Crippen LogP contribution in [0.1, 0.15) is 27.4 Å². The lowest BCUT2D eigenvalue weighted by Crippen LogP contribution is -2.12. The Balaban J connectivity index is 2.91. The summed E-state index contributed by atoms with van der Waals surface area (Å²) in [5.41, 5.74) is 2.06. The minimum absolute atomic E-state index is 0.0582. The molecule has 8 nitrogen and oxygen atoms in total. The average molecular weight is 341 g/mol. The summed E-state index contributed by atoms with van der Waals surface area (Å²) in [6.45, 7) is 3.66. The van der Waals surface area contributed by atoms with Gasteiger partial charge in [0.25, 0.3) is 0 Å². The number of aryl methyl sites for hydroxylation is 1. The van der Waals surface area contributed by atoms with Crippen LogP contribution >= 0.6 is 0 Å². The Morgan fingerprint density at radius 3 is 2.64 bits per heavy atom. The van der Waals surface area contributed by atoms with E-state index in [4.69, 9.17) is 4.74 Å². The number of aliphatic imine (C=N–C) groups is 1. The first-order valence-electron chi connectivity index (χ1n) is 7.43. The fraction of sp³-hybridized carbons (Fsp3) is 0.294. The lowest BCUT2D eigenvalue weighted by Gasteiger charge is -2.16. The first-order chi connectivity index (χ1) is 11.8. The van der Waals surface area contributed by atoms with Gasteiger partial charge >= 0.3 is 5.97 Å². The third-order valence-electron chi connectivity index (χ3n) is 3.59. The topological polar surface area (TPSA) is 104 Å². The SMILES string of the molecule is COc1ccc(C)c(-n2c(C(=O)O)nc(C#N)c2N=CN(C)C)c1C. The normalized spacial score (nSPS) is 10.7. The van der Waals surface area contributed by atoms with Crippen molar-refractivity contribution in [2.24, 2.45) is 4.99 Å². The minimum Gasteiger partial charge on any atom is -0.496 e. The van der Waals surface area contributed by atoms with Crippen molar-refractivity contribution in [1.29, 1.82) is 5.26 Å². The maximum atomic E-state index is 11.7. The van der Waals surface area contributed by atoms with Crippen LogP contribution in [0.4, 0.5) is 5.82 Å². The summed E-state index contributed by atoms with van der Waals surface area (Å²) < 4.78 is 6.72. The fourth-order valence-corrected chi connectivity index (χ4v) is 2.51. The minimum atomic E-state index is -1.25. The fourth-order valence-electron chi connectivity index (χ4n) is 2.51. The van der Waals surface area contributed by atoms with Gasteiger partial charge in [-0.2, -0.15) is 5.26 Å². The Hall–Kier alpha value is -3.34. The van der Waals surface area contributed by atoms with Gasteiger partial charge in [-0.25, -0.2) is 14.8 Å². The van der Waals surface area contributed by atoms with Crippen LogP contribution in [0.5, 0.6) is 5.75 Å². The predicted molar refractivity (Wildman–Crippen MR) is 93.1 cm³/mol. The van der Waals surface area contributed by atoms with Gasteiger partial charge in [-0.05, 0) is 25.5 Å². The van der Waals surface area contributed by atoms with Crippen molar-refractivity contribution in [3.63, 3.8) is 0 Å². The van der Waals surface area contributed by atoms with E-state index in [-0.39, 0.29) is 17.3 Å². The van der Waals surface area contributed by atoms with E-state index in [1.807, 2.05) is 26.0 Å². The van der Waals surface area contributed by atoms with E-state index < -0.39 is 5.97 Å². The molecular formula is C17H19N5O3. The number of nitrogens with zero attached hydrogens (tertiary/aromatic N) is 5. The quantitative estimate of drug-likeness (QED) is 0.661. The molecule has 0 fully saturated rings. The molecule has 0 radical (unpaired) electrons. The summed E-state index contributed by atoms with van der Waals surface area (Å²) in [6, 6.07) is 5.54. The molecule has 1 N–H and O–H groups in total. The largest absolute Gasteiger partial charge is 0.496 e. The van der Waals surface area contributed by atoms with Crippen LogP contribution in [0, 0.1) is 25.2 Å². The average Bonchev–Trinajstić information content (AvgIpc) is 2.92. The molecule has 1 aromatic heterocycles. The number of methoxy groups -OCH3 is 1. The van der Waals surface area contributed by atoms with Crippen molar-refractivity contribution in [2.75, 3.05) is 21.2 Å². The maximum absolute atomic E-state index is 11.7. The highest BCUT2D eigenvalue weighted by atomic mass is 16.5. The second-order valence-corrected chi connectivity index (χ2v) is 5.63. The summed E-state index contributed by atoms with van der Waals surface area (Å²) in [5, 5.41) is 18.9. The molecule has 0 aliphatic carbocycles. The number of benzene rings is 1. The van der Waals surface area contributed by atoms with Gasteiger partial charge in [-0.1, -0.05) is 6.07 Å². The summed E-state index contributed by atoms with van der Waals surface area (Å²) in [7, 11) is 5.09. The Morgan fingerprint density at radius 2 is 2.12 bits per heavy atom. The molecule has 0 amide bonds. The van der Waals surface area contributed by atoms with Crippen LogP contribution in [-0.4, -0.2) is 53.1 Å². The molecule has 2 aromatic rings. The van der Waals surface area contributed by atoms with E-state index in [1.165, 1.54) is 10.9 Å². The zero-order valence-corrected chi connectivity index (χ0v) is 14.7. The van der Waals surface area contributed by atoms with Crippen molar-refractivity contribution in [3.8, 4) is 17.5 Å². The molecule has 0 saturated heterocycles. The molecular weight excluding hydrogens is 322 g/mol. The zero-order valence-electron chi connectivity index (χ0n) is 14.7. The first kappa shape index (κ1) is 18.0. The maximum Gasteiger partial charge on any atom is 0.372 e. The van der Waals surface area contributed by atoms with Crippen molar-refractivity contribution in [1.82, 2.24) is 14.5 Å². The van der Waals surface area contributed by atoms with E-state index in [1.54, 1.807) is 32.2 Å². The monoisotopic (exact) mass is 341 g/mol. The molecule has 8 heteroatoms. The van der Waals surface area contributed by atoms with Gasteiger partial charge in [-0.3, -0.25) is 4.57 Å². The molecule has 25 heavy (non-hydrogen) atoms. The van der Waals surface area contributed by atoms with E-state index >= 15 is 0 Å². The van der Waals surface area contributed by atoms with Gasteiger partial charge in [0.05, 0.1) is 19.1 Å². The summed E-state index contributed by atoms with van der Waals surface area (Å²) in [6.07, 6.45) is 1.49. The molecule has 2 rings (SSSR count). The van der Waals surface area contributed by atoms with Gasteiger partial charge in [0.1, 0.15) is 11.8 Å². The number of aromatic carboxylic acids is 1. The summed E-state index contributed by atoms with van der Waals surface area (Å²) in [5.74, 6) is -0.758. The van der Waals surface area contributed by atoms with Gasteiger partial charge in [0.2, 0.25) is 5.82 Å². The number of carboxylic acid groups (broad SMARTS) is 1. The van der Waals surface area contributed by atoms with Crippen LogP contribution in [0.3, 0.4) is 0 Å². The van der Waals surface area contributed by atoms with E-state index in [2.05, 4.69) is 9.98 Å². The van der Waals surface area contributed by atoms with E-state index in [0.29, 0.717) is 11.4 Å². The van der Waals surface area contributed by atoms with Gasteiger partial charge in [0, 0.05) is 19.7 Å². The number of carbonyl (C=O) groups is 1. The number of aromatic nitrogens is 2. The Morgan fingerprint density at radius 1 is 1.44 bits per heavy atom. The van der Waals surface area contributed by atoms with E-state index in [9.17, 15) is 15.2 Å². The molecule has 0 saturated carbocycles. The Labute approximate surface area is 145 Å². The Kier molecular flexibility index (Phi) is 5.08. The van der Waals surface area contributed by atoms with Crippen LogP contribution < -0.4 is 4.74 Å². The van der Waals surface area contributed by atoms with Crippen LogP contribution in [-0.2, 0) is 0 Å². The van der Waals surface area contributed by atoms with Crippen LogP contribution in [0.15, 0.2) is 17.1 Å². The smallest absolute Gasteiger partial charge is 0.372 e. The molecule has 130 valence electrons. The third-order valence-corrected chi connectivity index (χ3v) is 3.59. The molecule has 1 aromatic carbocycles. The number of ether oxygens (including phenoxy) is 1. The molecule has 0 bridgehead atoms. The van der Waals surface area contributed by atoms with E-state index in [0.717, 1.165) is 11.1 Å². The first-order valence-corrected chi connectivity index (χ1v) is 7.43. The van der Waals surface area contributed by atoms with Crippen molar-refractivity contribution in [2.45, 2.75) is 13.8 Å². The van der Waals surface area contributed by atoms with Crippen molar-refractivity contribution in [3.05, 3.63) is 34.8 Å². The van der Waals surface area contributed by atoms with Gasteiger partial charge in [-0.15, -0.1) is 0 Å². The molecule has 0 spiro atoms.